The zero-order chi connectivity index (χ0) is 25.0. The van der Waals surface area contributed by atoms with Crippen molar-refractivity contribution in [3.63, 3.8) is 0 Å². The lowest BCUT2D eigenvalue weighted by molar-refractivity contribution is -0.303. The largest absolute Gasteiger partial charge is 0.451 e. The normalized spacial score (nSPS) is 46.1. The van der Waals surface area contributed by atoms with Gasteiger partial charge in [-0.3, -0.25) is 4.79 Å². The van der Waals surface area contributed by atoms with Crippen molar-refractivity contribution in [2.75, 3.05) is 6.61 Å². The number of carbonyl (C=O) groups excluding carboxylic acids is 2. The fourth-order valence-electron chi connectivity index (χ4n) is 7.62. The molecule has 0 aromatic rings. The smallest absolute Gasteiger partial charge is 0.334 e. The Bertz CT molecular complexity index is 1050. The predicted molar refractivity (Wildman–Crippen MR) is 126 cm³/mol. The van der Waals surface area contributed by atoms with E-state index in [-0.39, 0.29) is 35.6 Å². The van der Waals surface area contributed by atoms with E-state index < -0.39 is 35.0 Å². The van der Waals surface area contributed by atoms with Crippen molar-refractivity contribution >= 4 is 11.8 Å². The molecule has 2 bridgehead atoms. The van der Waals surface area contributed by atoms with Gasteiger partial charge in [0.2, 0.25) is 0 Å². The van der Waals surface area contributed by atoms with Gasteiger partial charge in [0.05, 0.1) is 12.0 Å². The van der Waals surface area contributed by atoms with E-state index in [9.17, 15) is 14.7 Å². The molecule has 34 heavy (non-hydrogen) atoms. The molecule has 8 atom stereocenters. The number of Topliss-reactive ketones (excluding diaryl/α,β-unsaturated/α-hetero) is 1. The second-order valence-corrected chi connectivity index (χ2v) is 12.2. The Hall–Kier alpha value is -1.76. The molecule has 1 spiro atoms. The molecule has 0 aromatic carbocycles. The lowest BCUT2D eigenvalue weighted by Gasteiger charge is -2.52. The first kappa shape index (κ1) is 24.0. The summed E-state index contributed by atoms with van der Waals surface area (Å²) in [6.45, 7) is 15.8. The summed E-state index contributed by atoms with van der Waals surface area (Å²) in [5, 5.41) is 12.9. The number of hydrogen-bond donors (Lipinski definition) is 1. The molecule has 0 amide bonds. The highest BCUT2D eigenvalue weighted by atomic mass is 16.7. The number of esters is 1. The van der Waals surface area contributed by atoms with Gasteiger partial charge in [-0.25, -0.2) is 4.79 Å². The SMILES string of the molecule is C/C=C(/C)C(=O)O[C@H]1C(C)=C[C@@]23C(=O)[C@@H](C=C4COC(C)(C)O[C@H]4[C@]12O)[C@@H]1[C@@H](C[C@H]3C)C1(C)C. The van der Waals surface area contributed by atoms with E-state index >= 15 is 0 Å². The predicted octanol–water partition coefficient (Wildman–Crippen LogP) is 4.13. The summed E-state index contributed by atoms with van der Waals surface area (Å²) in [5.74, 6) is -1.30. The van der Waals surface area contributed by atoms with Crippen LogP contribution in [0, 0.1) is 34.5 Å². The van der Waals surface area contributed by atoms with Gasteiger partial charge in [0.25, 0.3) is 0 Å². The number of ketones is 1. The lowest BCUT2D eigenvalue weighted by Crippen LogP contribution is -2.68. The third-order valence-electron chi connectivity index (χ3n) is 9.65. The van der Waals surface area contributed by atoms with Gasteiger partial charge in [-0.2, -0.15) is 0 Å². The summed E-state index contributed by atoms with van der Waals surface area (Å²) in [4.78, 5) is 27.5. The van der Waals surface area contributed by atoms with Crippen molar-refractivity contribution in [1.29, 1.82) is 0 Å². The van der Waals surface area contributed by atoms with E-state index in [1.807, 2.05) is 32.9 Å². The van der Waals surface area contributed by atoms with Crippen LogP contribution in [-0.4, -0.2) is 47.1 Å². The first-order valence-electron chi connectivity index (χ1n) is 12.5. The summed E-state index contributed by atoms with van der Waals surface area (Å²) in [6, 6.07) is 0. The van der Waals surface area contributed by atoms with Crippen molar-refractivity contribution in [2.45, 2.75) is 85.4 Å². The average Bonchev–Trinajstić information content (AvgIpc) is 3.25. The van der Waals surface area contributed by atoms with Crippen LogP contribution in [0.5, 0.6) is 0 Å². The van der Waals surface area contributed by atoms with Crippen LogP contribution in [0.25, 0.3) is 0 Å². The highest BCUT2D eigenvalue weighted by Crippen LogP contribution is 2.72. The Kier molecular flexibility index (Phi) is 5.03. The maximum atomic E-state index is 14.6. The highest BCUT2D eigenvalue weighted by Gasteiger charge is 2.77. The monoisotopic (exact) mass is 470 g/mol. The molecule has 5 rings (SSSR count). The van der Waals surface area contributed by atoms with Crippen molar-refractivity contribution in [1.82, 2.24) is 0 Å². The third-order valence-corrected chi connectivity index (χ3v) is 9.65. The fraction of sp³-hybridized carbons (Fsp3) is 0.714. The van der Waals surface area contributed by atoms with Crippen molar-refractivity contribution in [3.8, 4) is 0 Å². The van der Waals surface area contributed by atoms with Gasteiger partial charge >= 0.3 is 5.97 Å². The van der Waals surface area contributed by atoms with Crippen LogP contribution in [0.15, 0.2) is 34.9 Å². The molecule has 186 valence electrons. The minimum Gasteiger partial charge on any atom is -0.451 e. The van der Waals surface area contributed by atoms with Crippen molar-refractivity contribution < 1.29 is 28.9 Å². The van der Waals surface area contributed by atoms with Crippen LogP contribution in [0.2, 0.25) is 0 Å². The van der Waals surface area contributed by atoms with Crippen molar-refractivity contribution in [3.05, 3.63) is 34.9 Å². The molecule has 4 aliphatic carbocycles. The van der Waals surface area contributed by atoms with Gasteiger partial charge in [0, 0.05) is 11.5 Å². The first-order chi connectivity index (χ1) is 15.7. The number of carbonyl (C=O) groups is 2. The molecule has 3 fully saturated rings. The number of rotatable bonds is 2. The summed E-state index contributed by atoms with van der Waals surface area (Å²) in [7, 11) is 0. The lowest BCUT2D eigenvalue weighted by atomic mass is 9.59. The molecule has 1 saturated heterocycles. The Morgan fingerprint density at radius 2 is 1.94 bits per heavy atom. The number of hydrogen-bond acceptors (Lipinski definition) is 6. The van der Waals surface area contributed by atoms with E-state index in [2.05, 4.69) is 20.8 Å². The molecule has 6 nitrogen and oxygen atoms in total. The van der Waals surface area contributed by atoms with Crippen LogP contribution in [0.1, 0.15) is 61.8 Å². The summed E-state index contributed by atoms with van der Waals surface area (Å²) in [5.41, 5.74) is -0.994. The fourth-order valence-corrected chi connectivity index (χ4v) is 7.62. The van der Waals surface area contributed by atoms with Gasteiger partial charge in [-0.05, 0) is 75.4 Å². The standard InChI is InChI=1S/C28H38O6/c1-9-14(2)24(30)33-22-15(3)12-27-16(4)10-19-20(25(19,5)6)18(21(27)29)11-17-13-32-26(7,8)34-23(17)28(22,27)31/h9,11-12,16,18-20,22-23,31H,10,13H2,1-8H3/b14-9-/t16-,18+,19-,20-,22+,23-,27-,28-/m1/s1. The Morgan fingerprint density at radius 3 is 2.59 bits per heavy atom. The Labute approximate surface area is 202 Å². The van der Waals surface area contributed by atoms with Gasteiger partial charge in [-0.1, -0.05) is 39.0 Å². The number of fused-ring (bicyclic) bond motifs is 5. The maximum Gasteiger partial charge on any atom is 0.334 e. The van der Waals surface area contributed by atoms with Crippen LogP contribution >= 0.6 is 0 Å². The molecule has 1 N–H and O–H groups in total. The van der Waals surface area contributed by atoms with Crippen LogP contribution in [-0.2, 0) is 23.8 Å². The molecule has 5 aliphatic rings. The van der Waals surface area contributed by atoms with E-state index in [0.717, 1.165) is 12.0 Å². The molecule has 0 radical (unpaired) electrons. The minimum absolute atomic E-state index is 0.0181. The highest BCUT2D eigenvalue weighted by molar-refractivity contribution is 5.96. The Morgan fingerprint density at radius 1 is 1.26 bits per heavy atom. The van der Waals surface area contributed by atoms with Gasteiger partial charge in [0.1, 0.15) is 6.10 Å². The molecule has 6 heteroatoms. The van der Waals surface area contributed by atoms with E-state index in [0.29, 0.717) is 17.1 Å². The molecule has 1 heterocycles. The van der Waals surface area contributed by atoms with Crippen LogP contribution in [0.3, 0.4) is 0 Å². The quantitative estimate of drug-likeness (QED) is 0.371. The van der Waals surface area contributed by atoms with Crippen LogP contribution in [0.4, 0.5) is 0 Å². The molecule has 1 aliphatic heterocycles. The zero-order valence-corrected chi connectivity index (χ0v) is 21.6. The topological polar surface area (TPSA) is 82.1 Å². The van der Waals surface area contributed by atoms with E-state index in [1.165, 1.54) is 0 Å². The maximum absolute atomic E-state index is 14.6. The molecule has 0 aromatic heterocycles. The molecular weight excluding hydrogens is 432 g/mol. The number of aliphatic hydroxyl groups is 1. The summed E-state index contributed by atoms with van der Waals surface area (Å²) >= 11 is 0. The second-order valence-electron chi connectivity index (χ2n) is 12.2. The van der Waals surface area contributed by atoms with Gasteiger partial charge < -0.3 is 19.3 Å². The third kappa shape index (κ3) is 2.85. The van der Waals surface area contributed by atoms with E-state index in [4.69, 9.17) is 14.2 Å². The molecular formula is C28H38O6. The second kappa shape index (κ2) is 7.14. The average molecular weight is 471 g/mol. The molecule has 2 saturated carbocycles. The number of ether oxygens (including phenoxy) is 3. The first-order valence-corrected chi connectivity index (χ1v) is 12.5. The summed E-state index contributed by atoms with van der Waals surface area (Å²) in [6.07, 6.45) is 4.62. The zero-order valence-electron chi connectivity index (χ0n) is 21.6. The Balaban J connectivity index is 1.72. The minimum atomic E-state index is -1.76. The van der Waals surface area contributed by atoms with Crippen LogP contribution < -0.4 is 0 Å². The number of allylic oxidation sites excluding steroid dienone is 2. The molecule has 0 unspecified atom stereocenters. The van der Waals surface area contributed by atoms with E-state index in [1.54, 1.807) is 19.9 Å². The van der Waals surface area contributed by atoms with Gasteiger partial charge in [-0.15, -0.1) is 0 Å². The van der Waals surface area contributed by atoms with Gasteiger partial charge in [0.15, 0.2) is 23.3 Å². The summed E-state index contributed by atoms with van der Waals surface area (Å²) < 4.78 is 18.4. The van der Waals surface area contributed by atoms with Crippen molar-refractivity contribution in [2.24, 2.45) is 34.5 Å².